The molecule has 28 heavy (non-hydrogen) atoms. The van der Waals surface area contributed by atoms with Crippen molar-refractivity contribution in [2.24, 2.45) is 5.92 Å². The summed E-state index contributed by atoms with van der Waals surface area (Å²) in [5.41, 5.74) is 0.482. The van der Waals surface area contributed by atoms with Crippen molar-refractivity contribution >= 4 is 6.09 Å². The number of ether oxygens (including phenoxy) is 4. The molecule has 0 aromatic heterocycles. The molecule has 2 N–H and O–H groups in total. The van der Waals surface area contributed by atoms with Crippen LogP contribution in [0.2, 0.25) is 0 Å². The molecule has 0 saturated carbocycles. The normalized spacial score (nSPS) is 22.6. The van der Waals surface area contributed by atoms with Crippen LogP contribution in [0.3, 0.4) is 0 Å². The lowest BCUT2D eigenvalue weighted by atomic mass is 9.98. The zero-order chi connectivity index (χ0) is 20.8. The fourth-order valence-corrected chi connectivity index (χ4v) is 3.10. The van der Waals surface area contributed by atoms with E-state index in [1.54, 1.807) is 13.8 Å². The van der Waals surface area contributed by atoms with E-state index >= 15 is 0 Å². The van der Waals surface area contributed by atoms with Crippen molar-refractivity contribution in [3.05, 3.63) is 35.9 Å². The third-order valence-corrected chi connectivity index (χ3v) is 4.22. The fourth-order valence-electron chi connectivity index (χ4n) is 3.10. The van der Waals surface area contributed by atoms with Crippen LogP contribution in [0.1, 0.15) is 40.2 Å². The number of hydrogen-bond donors (Lipinski definition) is 2. The number of carbonyl (C=O) groups excluding carboxylic acids is 1. The van der Waals surface area contributed by atoms with Crippen LogP contribution >= 0.6 is 0 Å². The van der Waals surface area contributed by atoms with E-state index in [2.05, 4.69) is 5.32 Å². The van der Waals surface area contributed by atoms with Gasteiger partial charge in [-0.25, -0.2) is 4.79 Å². The number of benzene rings is 1. The summed E-state index contributed by atoms with van der Waals surface area (Å²) in [6, 6.07) is 9.84. The average molecular weight is 395 g/mol. The van der Waals surface area contributed by atoms with E-state index in [9.17, 15) is 9.90 Å². The quantitative estimate of drug-likeness (QED) is 0.704. The largest absolute Gasteiger partial charge is 0.444 e. The minimum absolute atomic E-state index is 0.171. The van der Waals surface area contributed by atoms with Gasteiger partial charge in [0, 0.05) is 12.5 Å². The molecule has 7 heteroatoms. The standard InChI is InChI=1S/C21H33NO6/c1-20(2,3)28-19(24)22-11-16(14-25-13-15-9-7-6-8-10-15)18-17(12-23)26-21(4,5)27-18/h6-10,16-18,23H,11-14H2,1-5H3,(H,22,24)/t16-,17+,18+/m0/s1. The molecule has 1 aromatic carbocycles. The van der Waals surface area contributed by atoms with E-state index in [4.69, 9.17) is 18.9 Å². The van der Waals surface area contributed by atoms with Gasteiger partial charge in [0.1, 0.15) is 11.7 Å². The van der Waals surface area contributed by atoms with Gasteiger partial charge in [-0.2, -0.15) is 0 Å². The van der Waals surface area contributed by atoms with Crippen molar-refractivity contribution in [3.63, 3.8) is 0 Å². The van der Waals surface area contributed by atoms with Gasteiger partial charge >= 0.3 is 6.09 Å². The third-order valence-electron chi connectivity index (χ3n) is 4.22. The number of alkyl carbamates (subject to hydrolysis) is 1. The Morgan fingerprint density at radius 2 is 1.93 bits per heavy atom. The second-order valence-corrected chi connectivity index (χ2v) is 8.46. The Hall–Kier alpha value is -1.67. The molecular formula is C21H33NO6. The average Bonchev–Trinajstić information content (AvgIpc) is 2.92. The highest BCUT2D eigenvalue weighted by atomic mass is 16.8. The summed E-state index contributed by atoms with van der Waals surface area (Å²) in [7, 11) is 0. The first-order valence-corrected chi connectivity index (χ1v) is 9.64. The zero-order valence-electron chi connectivity index (χ0n) is 17.4. The molecule has 3 atom stereocenters. The van der Waals surface area contributed by atoms with Gasteiger partial charge in [0.05, 0.1) is 25.9 Å². The van der Waals surface area contributed by atoms with Crippen molar-refractivity contribution in [1.29, 1.82) is 0 Å². The molecule has 1 saturated heterocycles. The SMILES string of the molecule is CC(C)(C)OC(=O)NC[C@@H](COCc1ccccc1)[C@H]1OC(C)(C)O[C@@H]1CO. The highest BCUT2D eigenvalue weighted by Crippen LogP contribution is 2.32. The first-order chi connectivity index (χ1) is 13.1. The maximum absolute atomic E-state index is 12.1. The number of hydrogen-bond acceptors (Lipinski definition) is 6. The van der Waals surface area contributed by atoms with Gasteiger partial charge in [-0.3, -0.25) is 0 Å². The number of carbonyl (C=O) groups is 1. The molecule has 0 unspecified atom stereocenters. The Balaban J connectivity index is 1.99. The van der Waals surface area contributed by atoms with Crippen LogP contribution < -0.4 is 5.32 Å². The minimum Gasteiger partial charge on any atom is -0.444 e. The van der Waals surface area contributed by atoms with Crippen molar-refractivity contribution in [2.45, 2.75) is 64.8 Å². The highest BCUT2D eigenvalue weighted by molar-refractivity contribution is 5.67. The summed E-state index contributed by atoms with van der Waals surface area (Å²) >= 11 is 0. The summed E-state index contributed by atoms with van der Waals surface area (Å²) in [5.74, 6) is -1.02. The molecule has 2 rings (SSSR count). The number of aliphatic hydroxyl groups excluding tert-OH is 1. The highest BCUT2D eigenvalue weighted by Gasteiger charge is 2.45. The molecule has 1 heterocycles. The van der Waals surface area contributed by atoms with E-state index in [0.29, 0.717) is 13.2 Å². The number of aliphatic hydroxyl groups is 1. The first kappa shape index (κ1) is 22.6. The van der Waals surface area contributed by atoms with Crippen LogP contribution in [-0.2, 0) is 25.6 Å². The Bertz CT molecular complexity index is 613. The monoisotopic (exact) mass is 395 g/mol. The minimum atomic E-state index is -0.804. The number of amides is 1. The third kappa shape index (κ3) is 7.39. The smallest absolute Gasteiger partial charge is 0.407 e. The van der Waals surface area contributed by atoms with Crippen LogP contribution in [0.15, 0.2) is 30.3 Å². The fraction of sp³-hybridized carbons (Fsp3) is 0.667. The second-order valence-electron chi connectivity index (χ2n) is 8.46. The van der Waals surface area contributed by atoms with Crippen molar-refractivity contribution < 1.29 is 28.8 Å². The number of nitrogens with one attached hydrogen (secondary N) is 1. The van der Waals surface area contributed by atoms with Crippen molar-refractivity contribution in [2.75, 3.05) is 19.8 Å². The maximum atomic E-state index is 12.1. The maximum Gasteiger partial charge on any atom is 0.407 e. The van der Waals surface area contributed by atoms with Gasteiger partial charge in [-0.15, -0.1) is 0 Å². The zero-order valence-corrected chi connectivity index (χ0v) is 17.4. The van der Waals surface area contributed by atoms with Crippen LogP contribution in [-0.4, -0.2) is 54.6 Å². The molecule has 1 aromatic rings. The molecule has 1 amide bonds. The second kappa shape index (κ2) is 9.69. The predicted molar refractivity (Wildman–Crippen MR) is 105 cm³/mol. The summed E-state index contributed by atoms with van der Waals surface area (Å²) in [6.45, 7) is 9.94. The van der Waals surface area contributed by atoms with E-state index in [-0.39, 0.29) is 19.1 Å². The number of rotatable bonds is 8. The van der Waals surface area contributed by atoms with Crippen molar-refractivity contribution in [1.82, 2.24) is 5.32 Å². The molecule has 0 aliphatic carbocycles. The topological polar surface area (TPSA) is 86.3 Å². The Labute approximate surface area is 167 Å². The molecule has 0 radical (unpaired) electrons. The van der Waals surface area contributed by atoms with Crippen LogP contribution in [0.5, 0.6) is 0 Å². The molecule has 7 nitrogen and oxygen atoms in total. The molecule has 1 fully saturated rings. The van der Waals surface area contributed by atoms with E-state index in [0.717, 1.165) is 5.56 Å². The van der Waals surface area contributed by atoms with Gasteiger partial charge in [0.15, 0.2) is 5.79 Å². The lowest BCUT2D eigenvalue weighted by Crippen LogP contribution is -2.44. The Kier molecular flexibility index (Phi) is 7.83. The van der Waals surface area contributed by atoms with Gasteiger partial charge in [-0.05, 0) is 40.2 Å². The predicted octanol–water partition coefficient (Wildman–Crippen LogP) is 2.86. The molecule has 1 aliphatic rings. The van der Waals surface area contributed by atoms with Crippen LogP contribution in [0.4, 0.5) is 4.79 Å². The summed E-state index contributed by atoms with van der Waals surface area (Å²) < 4.78 is 23.0. The van der Waals surface area contributed by atoms with Gasteiger partial charge in [0.25, 0.3) is 0 Å². The molecule has 158 valence electrons. The van der Waals surface area contributed by atoms with E-state index in [1.165, 1.54) is 0 Å². The van der Waals surface area contributed by atoms with Crippen LogP contribution in [0, 0.1) is 5.92 Å². The lowest BCUT2D eigenvalue weighted by Gasteiger charge is -2.27. The molecule has 0 bridgehead atoms. The summed E-state index contributed by atoms with van der Waals surface area (Å²) in [4.78, 5) is 12.1. The van der Waals surface area contributed by atoms with Crippen LogP contribution in [0.25, 0.3) is 0 Å². The van der Waals surface area contributed by atoms with E-state index in [1.807, 2.05) is 51.1 Å². The Morgan fingerprint density at radius 1 is 1.25 bits per heavy atom. The van der Waals surface area contributed by atoms with Gasteiger partial charge in [0.2, 0.25) is 0 Å². The molecular weight excluding hydrogens is 362 g/mol. The van der Waals surface area contributed by atoms with Gasteiger partial charge in [-0.1, -0.05) is 30.3 Å². The summed E-state index contributed by atoms with van der Waals surface area (Å²) in [5, 5.41) is 12.5. The Morgan fingerprint density at radius 3 is 2.54 bits per heavy atom. The molecule has 0 spiro atoms. The molecule has 1 aliphatic heterocycles. The first-order valence-electron chi connectivity index (χ1n) is 9.64. The van der Waals surface area contributed by atoms with E-state index < -0.39 is 29.7 Å². The van der Waals surface area contributed by atoms with Crippen molar-refractivity contribution in [3.8, 4) is 0 Å². The van der Waals surface area contributed by atoms with Gasteiger partial charge < -0.3 is 29.4 Å². The lowest BCUT2D eigenvalue weighted by molar-refractivity contribution is -0.154. The summed E-state index contributed by atoms with van der Waals surface area (Å²) in [6.07, 6.45) is -1.40.